The largest absolute Gasteiger partial charge is 0.389 e. The molecule has 0 saturated carbocycles. The van der Waals surface area contributed by atoms with Crippen LogP contribution in [-0.2, 0) is 30.7 Å². The van der Waals surface area contributed by atoms with Gasteiger partial charge in [-0.1, -0.05) is 6.07 Å². The Morgan fingerprint density at radius 3 is 3.08 bits per heavy atom. The van der Waals surface area contributed by atoms with Crippen molar-refractivity contribution in [2.75, 3.05) is 6.61 Å². The summed E-state index contributed by atoms with van der Waals surface area (Å²) in [6, 6.07) is 3.97. The summed E-state index contributed by atoms with van der Waals surface area (Å²) in [5, 5.41) is 13.0. The van der Waals surface area contributed by atoms with E-state index in [-0.39, 0.29) is 18.7 Å². The van der Waals surface area contributed by atoms with Crippen LogP contribution in [-0.4, -0.2) is 27.4 Å². The molecule has 0 amide bonds. The minimum atomic E-state index is -0.730. The third-order valence-electron chi connectivity index (χ3n) is 4.48. The molecule has 1 N–H and O–H groups in total. The summed E-state index contributed by atoms with van der Waals surface area (Å²) in [5.74, 6) is 0. The molecule has 0 saturated heterocycles. The highest BCUT2D eigenvalue weighted by Crippen LogP contribution is 2.33. The smallest absolute Gasteiger partial charge is 0.262 e. The van der Waals surface area contributed by atoms with E-state index in [0.717, 1.165) is 34.4 Å². The summed E-state index contributed by atoms with van der Waals surface area (Å²) in [6.45, 7) is 0.889. The summed E-state index contributed by atoms with van der Waals surface area (Å²) >= 11 is 3.27. The third-order valence-corrected chi connectivity index (χ3v) is 6.53. The van der Waals surface area contributed by atoms with E-state index >= 15 is 0 Å². The molecule has 5 nitrogen and oxygen atoms in total. The van der Waals surface area contributed by atoms with E-state index in [0.29, 0.717) is 6.61 Å². The first-order chi connectivity index (χ1) is 12.2. The molecule has 0 spiro atoms. The molecule has 0 fully saturated rings. The van der Waals surface area contributed by atoms with Crippen molar-refractivity contribution < 1.29 is 9.84 Å². The number of thiophene rings is 2. The topological polar surface area (TPSA) is 64.4 Å². The fourth-order valence-electron chi connectivity index (χ4n) is 3.28. The molecular formula is C18H20N2O3S2. The van der Waals surface area contributed by atoms with Gasteiger partial charge in [0.25, 0.3) is 5.56 Å². The first-order valence-corrected chi connectivity index (χ1v) is 10.2. The molecule has 0 bridgehead atoms. The van der Waals surface area contributed by atoms with Crippen molar-refractivity contribution in [3.05, 3.63) is 49.5 Å². The lowest BCUT2D eigenvalue weighted by atomic mass is 9.97. The molecule has 1 aliphatic rings. The highest BCUT2D eigenvalue weighted by atomic mass is 32.1. The molecule has 0 aliphatic heterocycles. The molecule has 3 aromatic rings. The predicted molar refractivity (Wildman–Crippen MR) is 101 cm³/mol. The maximum Gasteiger partial charge on any atom is 0.262 e. The summed E-state index contributed by atoms with van der Waals surface area (Å²) < 4.78 is 7.06. The van der Waals surface area contributed by atoms with Gasteiger partial charge in [0, 0.05) is 9.75 Å². The second-order valence-corrected chi connectivity index (χ2v) is 8.46. The molecule has 0 unspecified atom stereocenters. The Morgan fingerprint density at radius 1 is 1.36 bits per heavy atom. The third kappa shape index (κ3) is 3.55. The first kappa shape index (κ1) is 16.9. The lowest BCUT2D eigenvalue weighted by Crippen LogP contribution is -2.29. The van der Waals surface area contributed by atoms with Crippen LogP contribution in [0.15, 0.2) is 28.6 Å². The van der Waals surface area contributed by atoms with E-state index in [9.17, 15) is 9.90 Å². The summed E-state index contributed by atoms with van der Waals surface area (Å²) in [4.78, 5) is 20.6. The Morgan fingerprint density at radius 2 is 2.24 bits per heavy atom. The van der Waals surface area contributed by atoms with Crippen molar-refractivity contribution in [3.63, 3.8) is 0 Å². The lowest BCUT2D eigenvalue weighted by molar-refractivity contribution is 0.0207. The van der Waals surface area contributed by atoms with E-state index in [1.165, 1.54) is 21.4 Å². The summed E-state index contributed by atoms with van der Waals surface area (Å²) in [6.07, 6.45) is 5.15. The second-order valence-electron chi connectivity index (χ2n) is 6.34. The number of rotatable bonds is 6. The number of fused-ring (bicyclic) bond motifs is 3. The van der Waals surface area contributed by atoms with Gasteiger partial charge in [0.1, 0.15) is 4.83 Å². The van der Waals surface area contributed by atoms with Gasteiger partial charge in [0.15, 0.2) is 0 Å². The number of aryl methyl sites for hydroxylation is 2. The molecule has 0 aromatic carbocycles. The molecule has 1 atom stereocenters. The van der Waals surface area contributed by atoms with Gasteiger partial charge in [-0.15, -0.1) is 22.7 Å². The van der Waals surface area contributed by atoms with Crippen LogP contribution in [0.1, 0.15) is 28.2 Å². The van der Waals surface area contributed by atoms with Crippen LogP contribution in [0.5, 0.6) is 0 Å². The molecule has 3 heterocycles. The lowest BCUT2D eigenvalue weighted by Gasteiger charge is -2.13. The monoisotopic (exact) mass is 376 g/mol. The number of ether oxygens (including phenoxy) is 1. The van der Waals surface area contributed by atoms with Crippen LogP contribution in [0.3, 0.4) is 0 Å². The minimum absolute atomic E-state index is 0.0401. The fraction of sp³-hybridized carbons (Fsp3) is 0.444. The number of hydrogen-bond acceptors (Lipinski definition) is 6. The Labute approximate surface area is 153 Å². The van der Waals surface area contributed by atoms with Gasteiger partial charge in [-0.2, -0.15) is 0 Å². The van der Waals surface area contributed by atoms with Crippen molar-refractivity contribution in [2.45, 2.75) is 44.9 Å². The Balaban J connectivity index is 1.47. The van der Waals surface area contributed by atoms with Gasteiger partial charge in [-0.25, -0.2) is 4.98 Å². The van der Waals surface area contributed by atoms with Crippen LogP contribution >= 0.6 is 22.7 Å². The number of nitrogens with zero attached hydrogens (tertiary/aromatic N) is 2. The molecule has 4 rings (SSSR count). The average molecular weight is 377 g/mol. The Kier molecular flexibility index (Phi) is 4.98. The van der Waals surface area contributed by atoms with Crippen LogP contribution in [0, 0.1) is 0 Å². The van der Waals surface area contributed by atoms with Crippen LogP contribution < -0.4 is 5.56 Å². The standard InChI is InChI=1S/C18H20N2O3S2/c21-12(9-23-10-13-4-3-7-24-13)8-20-11-19-17-16(18(20)22)14-5-1-2-6-15(14)25-17/h3-4,7,11-12,21H,1-2,5-6,8-10H2/t12-/m0/s1. The van der Waals surface area contributed by atoms with E-state index < -0.39 is 6.10 Å². The molecule has 132 valence electrons. The van der Waals surface area contributed by atoms with Gasteiger partial charge in [0.2, 0.25) is 0 Å². The van der Waals surface area contributed by atoms with E-state index in [2.05, 4.69) is 4.98 Å². The maximum absolute atomic E-state index is 12.8. The molecular weight excluding hydrogens is 356 g/mol. The summed E-state index contributed by atoms with van der Waals surface area (Å²) in [5.41, 5.74) is 1.14. The number of aliphatic hydroxyl groups is 1. The van der Waals surface area contributed by atoms with Gasteiger partial charge in [-0.3, -0.25) is 9.36 Å². The maximum atomic E-state index is 12.8. The van der Waals surface area contributed by atoms with Crippen LogP contribution in [0.25, 0.3) is 10.2 Å². The predicted octanol–water partition coefficient (Wildman–Crippen LogP) is 2.98. The zero-order chi connectivity index (χ0) is 17.2. The highest BCUT2D eigenvalue weighted by Gasteiger charge is 2.20. The average Bonchev–Trinajstić information content (AvgIpc) is 3.24. The number of hydrogen-bond donors (Lipinski definition) is 1. The molecule has 3 aromatic heterocycles. The quantitative estimate of drug-likeness (QED) is 0.718. The molecule has 0 radical (unpaired) electrons. The zero-order valence-corrected chi connectivity index (χ0v) is 15.4. The van der Waals surface area contributed by atoms with Crippen molar-refractivity contribution in [3.8, 4) is 0 Å². The molecule has 25 heavy (non-hydrogen) atoms. The highest BCUT2D eigenvalue weighted by molar-refractivity contribution is 7.18. The fourth-order valence-corrected chi connectivity index (χ4v) is 5.14. The Bertz CT molecular complexity index is 914. The molecule has 7 heteroatoms. The normalized spacial score (nSPS) is 15.4. The second kappa shape index (κ2) is 7.37. The first-order valence-electron chi connectivity index (χ1n) is 8.50. The van der Waals surface area contributed by atoms with Crippen molar-refractivity contribution in [1.29, 1.82) is 0 Å². The van der Waals surface area contributed by atoms with Crippen molar-refractivity contribution >= 4 is 32.9 Å². The van der Waals surface area contributed by atoms with E-state index in [1.54, 1.807) is 29.0 Å². The van der Waals surface area contributed by atoms with Gasteiger partial charge < -0.3 is 9.84 Å². The van der Waals surface area contributed by atoms with Crippen molar-refractivity contribution in [2.24, 2.45) is 0 Å². The van der Waals surface area contributed by atoms with Crippen LogP contribution in [0.4, 0.5) is 0 Å². The number of aromatic nitrogens is 2. The SMILES string of the molecule is O=c1c2c3c(sc2ncn1C[C@H](O)COCc1cccs1)CCCC3. The molecule has 1 aliphatic carbocycles. The summed E-state index contributed by atoms with van der Waals surface area (Å²) in [7, 11) is 0. The zero-order valence-electron chi connectivity index (χ0n) is 13.8. The Hall–Kier alpha value is -1.54. The van der Waals surface area contributed by atoms with Gasteiger partial charge in [0.05, 0.1) is 37.6 Å². The van der Waals surface area contributed by atoms with E-state index in [1.807, 2.05) is 17.5 Å². The van der Waals surface area contributed by atoms with Crippen LogP contribution in [0.2, 0.25) is 0 Å². The van der Waals surface area contributed by atoms with E-state index in [4.69, 9.17) is 4.74 Å². The van der Waals surface area contributed by atoms with Crippen molar-refractivity contribution in [1.82, 2.24) is 9.55 Å². The minimum Gasteiger partial charge on any atom is -0.389 e. The number of aliphatic hydroxyl groups excluding tert-OH is 1. The van der Waals surface area contributed by atoms with Gasteiger partial charge >= 0.3 is 0 Å². The van der Waals surface area contributed by atoms with Gasteiger partial charge in [-0.05, 0) is 42.7 Å².